The van der Waals surface area contributed by atoms with E-state index in [0.717, 1.165) is 8.55 Å². The van der Waals surface area contributed by atoms with Gasteiger partial charge in [-0.2, -0.15) is 5.26 Å². The smallest absolute Gasteiger partial charge is 0.0994 e. The molecule has 1 heterocycles. The molecule has 0 N–H and O–H groups in total. The third-order valence-electron chi connectivity index (χ3n) is 1.52. The molecule has 0 radical (unpaired) electrons. The fourth-order valence-electron chi connectivity index (χ4n) is 0.798. The van der Waals surface area contributed by atoms with Gasteiger partial charge in [-0.05, 0) is 18.1 Å². The van der Waals surface area contributed by atoms with Gasteiger partial charge in [0.2, 0.25) is 0 Å². The Hall–Kier alpha value is -0.170. The van der Waals surface area contributed by atoms with Crippen LogP contribution in [0.25, 0.3) is 0 Å². The van der Waals surface area contributed by atoms with Gasteiger partial charge in [0.15, 0.2) is 0 Å². The first-order valence-corrected chi connectivity index (χ1v) is 6.02. The van der Waals surface area contributed by atoms with Gasteiger partial charge in [-0.3, -0.25) is 0 Å². The molecule has 1 atom stereocenters. The number of rotatable bonds is 3. The molecular weight excluding hydrogens is 222 g/mol. The molecule has 1 aromatic heterocycles. The summed E-state index contributed by atoms with van der Waals surface area (Å²) in [6.07, 6.45) is 0. The molecule has 1 unspecified atom stereocenters. The fourth-order valence-corrected chi connectivity index (χ4v) is 3.21. The number of nitriles is 1. The van der Waals surface area contributed by atoms with Crippen LogP contribution >= 0.6 is 34.7 Å². The van der Waals surface area contributed by atoms with Crippen LogP contribution in [0.5, 0.6) is 0 Å². The first kappa shape index (κ1) is 10.9. The Balaban J connectivity index is 2.63. The van der Waals surface area contributed by atoms with Gasteiger partial charge in [-0.25, -0.2) is 0 Å². The second-order valence-electron chi connectivity index (χ2n) is 2.97. The molecule has 1 rings (SSSR count). The lowest BCUT2D eigenvalue weighted by Crippen LogP contribution is -2.06. The van der Waals surface area contributed by atoms with Crippen molar-refractivity contribution < 1.29 is 0 Å². The van der Waals surface area contributed by atoms with Gasteiger partial charge < -0.3 is 0 Å². The molecule has 0 saturated carbocycles. The molecule has 0 aliphatic heterocycles. The first-order valence-electron chi connectivity index (χ1n) is 3.95. The van der Waals surface area contributed by atoms with Gasteiger partial charge in [-0.15, -0.1) is 11.3 Å². The lowest BCUT2D eigenvalue weighted by Gasteiger charge is -2.09. The average Bonchev–Trinajstić information content (AvgIpc) is 2.46. The zero-order valence-electron chi connectivity index (χ0n) is 7.45. The standard InChI is InChI=1S/C9H10ClNS2/c1-6(2)7(5-11)12-9-4-3-8(10)13-9/h3-4,6-7H,1-2H3. The van der Waals surface area contributed by atoms with Crippen LogP contribution in [-0.4, -0.2) is 5.25 Å². The zero-order valence-corrected chi connectivity index (χ0v) is 9.84. The zero-order chi connectivity index (χ0) is 9.84. The molecule has 0 aromatic carbocycles. The maximum absolute atomic E-state index is 8.87. The van der Waals surface area contributed by atoms with Crippen molar-refractivity contribution >= 4 is 34.7 Å². The summed E-state index contributed by atoms with van der Waals surface area (Å²) in [7, 11) is 0. The molecular formula is C9H10ClNS2. The third-order valence-corrected chi connectivity index (χ3v) is 4.36. The van der Waals surface area contributed by atoms with Gasteiger partial charge >= 0.3 is 0 Å². The van der Waals surface area contributed by atoms with Crippen molar-refractivity contribution in [1.82, 2.24) is 0 Å². The van der Waals surface area contributed by atoms with Crippen LogP contribution in [0, 0.1) is 17.2 Å². The highest BCUT2D eigenvalue weighted by molar-refractivity contribution is 8.02. The molecule has 1 nitrogen and oxygen atoms in total. The normalized spacial score (nSPS) is 12.8. The maximum atomic E-state index is 8.87. The van der Waals surface area contributed by atoms with Crippen LogP contribution in [0.3, 0.4) is 0 Å². The van der Waals surface area contributed by atoms with Crippen LogP contribution in [0.4, 0.5) is 0 Å². The van der Waals surface area contributed by atoms with Crippen LogP contribution in [0.1, 0.15) is 13.8 Å². The number of halogens is 1. The van der Waals surface area contributed by atoms with E-state index in [9.17, 15) is 0 Å². The van der Waals surface area contributed by atoms with Gasteiger partial charge in [0.25, 0.3) is 0 Å². The second kappa shape index (κ2) is 4.90. The van der Waals surface area contributed by atoms with E-state index in [2.05, 4.69) is 19.9 Å². The van der Waals surface area contributed by atoms with Crippen molar-refractivity contribution in [2.75, 3.05) is 0 Å². The van der Waals surface area contributed by atoms with Crippen molar-refractivity contribution in [2.45, 2.75) is 23.3 Å². The quantitative estimate of drug-likeness (QED) is 0.733. The Morgan fingerprint density at radius 1 is 1.54 bits per heavy atom. The molecule has 0 bridgehead atoms. The summed E-state index contributed by atoms with van der Waals surface area (Å²) in [6, 6.07) is 6.11. The summed E-state index contributed by atoms with van der Waals surface area (Å²) >= 11 is 8.91. The maximum Gasteiger partial charge on any atom is 0.0994 e. The molecule has 13 heavy (non-hydrogen) atoms. The molecule has 1 aromatic rings. The van der Waals surface area contributed by atoms with E-state index in [0.29, 0.717) is 5.92 Å². The van der Waals surface area contributed by atoms with Gasteiger partial charge in [-0.1, -0.05) is 37.2 Å². The van der Waals surface area contributed by atoms with Crippen LogP contribution in [-0.2, 0) is 0 Å². The summed E-state index contributed by atoms with van der Waals surface area (Å²) in [5.74, 6) is 0.371. The van der Waals surface area contributed by atoms with Crippen LogP contribution in [0.2, 0.25) is 4.34 Å². The monoisotopic (exact) mass is 231 g/mol. The molecule has 0 aliphatic carbocycles. The number of hydrogen-bond acceptors (Lipinski definition) is 3. The minimum atomic E-state index is 0.0229. The summed E-state index contributed by atoms with van der Waals surface area (Å²) in [5.41, 5.74) is 0. The molecule has 0 amide bonds. The Bertz CT molecular complexity index is 314. The van der Waals surface area contributed by atoms with E-state index in [1.54, 1.807) is 11.8 Å². The Labute approximate surface area is 91.7 Å². The number of thioether (sulfide) groups is 1. The Morgan fingerprint density at radius 3 is 2.62 bits per heavy atom. The molecule has 0 saturated heterocycles. The van der Waals surface area contributed by atoms with E-state index in [1.165, 1.54) is 11.3 Å². The van der Waals surface area contributed by atoms with Crippen molar-refractivity contribution in [3.8, 4) is 6.07 Å². The van der Waals surface area contributed by atoms with E-state index in [1.807, 2.05) is 12.1 Å². The van der Waals surface area contributed by atoms with Crippen molar-refractivity contribution in [3.63, 3.8) is 0 Å². The van der Waals surface area contributed by atoms with Gasteiger partial charge in [0.1, 0.15) is 0 Å². The molecule has 0 fully saturated rings. The lowest BCUT2D eigenvalue weighted by atomic mass is 10.1. The highest BCUT2D eigenvalue weighted by atomic mass is 35.5. The van der Waals surface area contributed by atoms with Gasteiger partial charge in [0.05, 0.1) is 19.9 Å². The average molecular weight is 232 g/mol. The van der Waals surface area contributed by atoms with Crippen LogP contribution < -0.4 is 0 Å². The first-order chi connectivity index (χ1) is 6.13. The predicted octanol–water partition coefficient (Wildman–Crippen LogP) is 4.04. The predicted molar refractivity (Wildman–Crippen MR) is 59.4 cm³/mol. The van der Waals surface area contributed by atoms with E-state index in [-0.39, 0.29) is 5.25 Å². The van der Waals surface area contributed by atoms with Crippen LogP contribution in [0.15, 0.2) is 16.3 Å². The summed E-state index contributed by atoms with van der Waals surface area (Å²) in [4.78, 5) is 0. The minimum absolute atomic E-state index is 0.0229. The summed E-state index contributed by atoms with van der Waals surface area (Å²) < 4.78 is 1.90. The second-order valence-corrected chi connectivity index (χ2v) is 6.13. The van der Waals surface area contributed by atoms with E-state index in [4.69, 9.17) is 16.9 Å². The third kappa shape index (κ3) is 3.22. The van der Waals surface area contributed by atoms with Gasteiger partial charge in [0, 0.05) is 0 Å². The highest BCUT2D eigenvalue weighted by Gasteiger charge is 2.14. The lowest BCUT2D eigenvalue weighted by molar-refractivity contribution is 0.685. The number of hydrogen-bond donors (Lipinski definition) is 0. The fraction of sp³-hybridized carbons (Fsp3) is 0.444. The molecule has 0 aliphatic rings. The number of thiophene rings is 1. The van der Waals surface area contributed by atoms with Crippen molar-refractivity contribution in [3.05, 3.63) is 16.5 Å². The van der Waals surface area contributed by atoms with E-state index >= 15 is 0 Å². The topological polar surface area (TPSA) is 23.8 Å². The summed E-state index contributed by atoms with van der Waals surface area (Å²) in [5, 5.41) is 8.89. The largest absolute Gasteiger partial charge is 0.197 e. The Morgan fingerprint density at radius 2 is 2.23 bits per heavy atom. The molecule has 4 heteroatoms. The molecule has 70 valence electrons. The summed E-state index contributed by atoms with van der Waals surface area (Å²) in [6.45, 7) is 4.10. The molecule has 0 spiro atoms. The van der Waals surface area contributed by atoms with Crippen molar-refractivity contribution in [2.24, 2.45) is 5.92 Å². The highest BCUT2D eigenvalue weighted by Crippen LogP contribution is 2.34. The van der Waals surface area contributed by atoms with E-state index < -0.39 is 0 Å². The number of nitrogens with zero attached hydrogens (tertiary/aromatic N) is 1. The SMILES string of the molecule is CC(C)C(C#N)Sc1ccc(Cl)s1. The minimum Gasteiger partial charge on any atom is -0.197 e. The van der Waals surface area contributed by atoms with Crippen molar-refractivity contribution in [1.29, 1.82) is 5.26 Å². The Kier molecular flexibility index (Phi) is 4.11.